The lowest BCUT2D eigenvalue weighted by Crippen LogP contribution is -2.10. The van der Waals surface area contributed by atoms with Gasteiger partial charge >= 0.3 is 20.8 Å². The van der Waals surface area contributed by atoms with Crippen LogP contribution in [0.15, 0.2) is 18.2 Å². The van der Waals surface area contributed by atoms with Crippen molar-refractivity contribution in [2.45, 2.75) is 13.8 Å². The highest BCUT2D eigenvalue weighted by Crippen LogP contribution is 2.10. The molecule has 0 saturated carbocycles. The fourth-order valence-corrected chi connectivity index (χ4v) is 1.46. The number of benzene rings is 1. The van der Waals surface area contributed by atoms with E-state index in [1.807, 2.05) is 19.1 Å². The zero-order chi connectivity index (χ0) is 15.3. The van der Waals surface area contributed by atoms with Crippen molar-refractivity contribution in [3.8, 4) is 0 Å². The number of anilines is 1. The molecule has 1 aromatic carbocycles. The summed E-state index contributed by atoms with van der Waals surface area (Å²) in [6.45, 7) is 4.08. The molecular weight excluding hydrogens is 302 g/mol. The first kappa shape index (κ1) is 17.8. The predicted octanol–water partition coefficient (Wildman–Crippen LogP) is 0.426. The van der Waals surface area contributed by atoms with Crippen molar-refractivity contribution < 1.29 is 34.6 Å². The molecule has 19 heavy (non-hydrogen) atoms. The van der Waals surface area contributed by atoms with Gasteiger partial charge in [-0.2, -0.15) is 16.8 Å². The minimum absolute atomic E-state index is 0.876. The number of nitrogen functional groups attached to an aromatic ring is 1. The summed E-state index contributed by atoms with van der Waals surface area (Å²) in [6.07, 6.45) is 0. The third-order valence-corrected chi connectivity index (χ3v) is 2.19. The van der Waals surface area contributed by atoms with Crippen LogP contribution >= 0.6 is 0 Å². The van der Waals surface area contributed by atoms with Crippen LogP contribution in [-0.2, 0) is 29.5 Å². The lowest BCUT2D eigenvalue weighted by atomic mass is 10.1. The van der Waals surface area contributed by atoms with E-state index in [2.05, 4.69) is 21.7 Å². The van der Waals surface area contributed by atoms with Gasteiger partial charge in [-0.05, 0) is 25.5 Å². The smallest absolute Gasteiger partial charge is 0.399 e. The third-order valence-electron chi connectivity index (χ3n) is 1.63. The SMILES string of the molecule is Cc1ccc(N)c(C)c1.O=S(=O)(O)OOS(=O)(=O)O. The Morgan fingerprint density at radius 3 is 1.68 bits per heavy atom. The molecule has 0 atom stereocenters. The molecule has 0 fully saturated rings. The van der Waals surface area contributed by atoms with E-state index < -0.39 is 20.8 Å². The van der Waals surface area contributed by atoms with Crippen molar-refractivity contribution in [1.29, 1.82) is 0 Å². The first-order valence-electron chi connectivity index (χ1n) is 4.56. The standard InChI is InChI=1S/C8H11N.H2O8S2/c1-6-3-4-8(9)7(2)5-6;1-9(2,3)7-8-10(4,5)6/h3-5H,9H2,1-2H3;(H,1,2,3)(H,4,5,6). The van der Waals surface area contributed by atoms with E-state index in [0.29, 0.717) is 0 Å². The second-order valence-corrected chi connectivity index (χ2v) is 5.33. The fourth-order valence-electron chi connectivity index (χ4n) is 0.896. The van der Waals surface area contributed by atoms with Gasteiger partial charge in [0.05, 0.1) is 0 Å². The fraction of sp³-hybridized carbons (Fsp3) is 0.250. The van der Waals surface area contributed by atoms with Crippen molar-refractivity contribution in [3.05, 3.63) is 29.3 Å². The van der Waals surface area contributed by atoms with Gasteiger partial charge in [0.1, 0.15) is 0 Å². The summed E-state index contributed by atoms with van der Waals surface area (Å²) in [5.41, 5.74) is 8.89. The van der Waals surface area contributed by atoms with Crippen LogP contribution in [-0.4, -0.2) is 25.9 Å². The number of aryl methyl sites for hydroxylation is 2. The molecule has 0 bridgehead atoms. The van der Waals surface area contributed by atoms with Crippen molar-refractivity contribution in [1.82, 2.24) is 0 Å². The number of rotatable bonds is 3. The molecule has 0 amide bonds. The maximum atomic E-state index is 9.51. The molecule has 11 heteroatoms. The lowest BCUT2D eigenvalue weighted by molar-refractivity contribution is -0.105. The largest absolute Gasteiger partial charge is 0.425 e. The second kappa shape index (κ2) is 6.79. The molecule has 0 unspecified atom stereocenters. The molecule has 0 saturated heterocycles. The van der Waals surface area contributed by atoms with Crippen LogP contribution in [0.2, 0.25) is 0 Å². The van der Waals surface area contributed by atoms with Gasteiger partial charge < -0.3 is 5.73 Å². The van der Waals surface area contributed by atoms with Crippen LogP contribution in [0.5, 0.6) is 0 Å². The van der Waals surface area contributed by atoms with Gasteiger partial charge in [0.2, 0.25) is 0 Å². The summed E-state index contributed by atoms with van der Waals surface area (Å²) in [6, 6.07) is 6.03. The highest BCUT2D eigenvalue weighted by atomic mass is 32.3. The first-order valence-corrected chi connectivity index (χ1v) is 7.29. The van der Waals surface area contributed by atoms with Crippen molar-refractivity contribution in [2.75, 3.05) is 5.73 Å². The molecule has 0 aliphatic rings. The zero-order valence-corrected chi connectivity index (χ0v) is 11.6. The minimum Gasteiger partial charge on any atom is -0.399 e. The van der Waals surface area contributed by atoms with E-state index in [1.54, 1.807) is 0 Å². The minimum atomic E-state index is -5.02. The predicted molar refractivity (Wildman–Crippen MR) is 65.6 cm³/mol. The maximum absolute atomic E-state index is 9.51. The Balaban J connectivity index is 0.000000342. The normalized spacial score (nSPS) is 11.6. The summed E-state index contributed by atoms with van der Waals surface area (Å²) in [5.74, 6) is 0. The Morgan fingerprint density at radius 2 is 1.42 bits per heavy atom. The van der Waals surface area contributed by atoms with E-state index in [9.17, 15) is 16.8 Å². The Morgan fingerprint density at radius 1 is 1.00 bits per heavy atom. The van der Waals surface area contributed by atoms with Crippen molar-refractivity contribution >= 4 is 26.5 Å². The first-order chi connectivity index (χ1) is 8.41. The lowest BCUT2D eigenvalue weighted by Gasteiger charge is -1.98. The average molecular weight is 315 g/mol. The van der Waals surface area contributed by atoms with Gasteiger partial charge in [-0.1, -0.05) is 26.4 Å². The Bertz CT molecular complexity index is 590. The molecule has 1 rings (SSSR count). The molecule has 0 heterocycles. The monoisotopic (exact) mass is 315 g/mol. The molecule has 110 valence electrons. The van der Waals surface area contributed by atoms with Gasteiger partial charge in [0.15, 0.2) is 0 Å². The maximum Gasteiger partial charge on any atom is 0.425 e. The van der Waals surface area contributed by atoms with E-state index in [-0.39, 0.29) is 0 Å². The number of nitrogens with two attached hydrogens (primary N) is 1. The summed E-state index contributed by atoms with van der Waals surface area (Å²) in [4.78, 5) is 0. The van der Waals surface area contributed by atoms with Gasteiger partial charge in [0.25, 0.3) is 0 Å². The molecule has 9 nitrogen and oxygen atoms in total. The van der Waals surface area contributed by atoms with Crippen molar-refractivity contribution in [2.24, 2.45) is 0 Å². The molecule has 0 aliphatic carbocycles. The Hall–Kier alpha value is -1.24. The van der Waals surface area contributed by atoms with Crippen LogP contribution in [0.1, 0.15) is 11.1 Å². The Kier molecular flexibility index (Phi) is 6.35. The number of hydrogen-bond acceptors (Lipinski definition) is 7. The van der Waals surface area contributed by atoms with E-state index in [0.717, 1.165) is 11.3 Å². The van der Waals surface area contributed by atoms with Crippen LogP contribution in [0, 0.1) is 13.8 Å². The molecule has 0 aliphatic heterocycles. The van der Waals surface area contributed by atoms with Crippen LogP contribution in [0.4, 0.5) is 5.69 Å². The summed E-state index contributed by atoms with van der Waals surface area (Å²) in [7, 11) is -10.0. The van der Waals surface area contributed by atoms with Gasteiger partial charge in [-0.3, -0.25) is 9.11 Å². The summed E-state index contributed by atoms with van der Waals surface area (Å²) in [5, 5.41) is 0. The average Bonchev–Trinajstić information content (AvgIpc) is 2.20. The van der Waals surface area contributed by atoms with Crippen LogP contribution < -0.4 is 5.73 Å². The zero-order valence-electron chi connectivity index (χ0n) is 9.97. The Labute approximate surface area is 110 Å². The molecule has 1 aromatic rings. The van der Waals surface area contributed by atoms with E-state index in [4.69, 9.17) is 14.8 Å². The number of hydrogen-bond donors (Lipinski definition) is 3. The topological polar surface area (TPSA) is 153 Å². The van der Waals surface area contributed by atoms with Crippen LogP contribution in [0.3, 0.4) is 0 Å². The quantitative estimate of drug-likeness (QED) is 0.311. The summed E-state index contributed by atoms with van der Waals surface area (Å²) >= 11 is 0. The van der Waals surface area contributed by atoms with E-state index >= 15 is 0 Å². The highest BCUT2D eigenvalue weighted by molar-refractivity contribution is 7.83. The van der Waals surface area contributed by atoms with Gasteiger partial charge in [-0.15, -0.1) is 0 Å². The van der Waals surface area contributed by atoms with Crippen molar-refractivity contribution in [3.63, 3.8) is 0 Å². The molecule has 4 N–H and O–H groups in total. The molecule has 0 spiro atoms. The van der Waals surface area contributed by atoms with Gasteiger partial charge in [0, 0.05) is 5.69 Å². The van der Waals surface area contributed by atoms with Crippen LogP contribution in [0.25, 0.3) is 0 Å². The molecule has 0 radical (unpaired) electrons. The molecular formula is C8H13NO8S2. The van der Waals surface area contributed by atoms with E-state index in [1.165, 1.54) is 5.56 Å². The highest BCUT2D eigenvalue weighted by Gasteiger charge is 2.13. The molecule has 0 aromatic heterocycles. The second-order valence-electron chi connectivity index (χ2n) is 3.35. The summed E-state index contributed by atoms with van der Waals surface area (Å²) < 4.78 is 58.9. The van der Waals surface area contributed by atoms with Gasteiger partial charge in [-0.25, -0.2) is 0 Å². The third kappa shape index (κ3) is 10.4.